The molecule has 90 valence electrons. The first-order valence-electron chi connectivity index (χ1n) is 6.27. The SMILES string of the molecule is CC1CN(CC#Cc2ccccc2)C(C)CN1. The van der Waals surface area contributed by atoms with Gasteiger partial charge in [-0.3, -0.25) is 4.90 Å². The molecule has 1 aromatic carbocycles. The molecule has 17 heavy (non-hydrogen) atoms. The molecular weight excluding hydrogens is 208 g/mol. The van der Waals surface area contributed by atoms with E-state index in [1.807, 2.05) is 18.2 Å². The van der Waals surface area contributed by atoms with Crippen LogP contribution < -0.4 is 5.32 Å². The largest absolute Gasteiger partial charge is 0.311 e. The Morgan fingerprint density at radius 3 is 2.82 bits per heavy atom. The van der Waals surface area contributed by atoms with Crippen LogP contribution in [0.2, 0.25) is 0 Å². The van der Waals surface area contributed by atoms with Crippen LogP contribution in [0.3, 0.4) is 0 Å². The molecule has 0 aromatic heterocycles. The summed E-state index contributed by atoms with van der Waals surface area (Å²) in [6.45, 7) is 7.49. The zero-order valence-electron chi connectivity index (χ0n) is 10.6. The van der Waals surface area contributed by atoms with E-state index in [1.165, 1.54) is 0 Å². The maximum absolute atomic E-state index is 3.48. The van der Waals surface area contributed by atoms with Crippen molar-refractivity contribution < 1.29 is 0 Å². The average molecular weight is 228 g/mol. The van der Waals surface area contributed by atoms with Crippen molar-refractivity contribution in [1.29, 1.82) is 0 Å². The molecule has 2 unspecified atom stereocenters. The predicted molar refractivity (Wildman–Crippen MR) is 71.8 cm³/mol. The van der Waals surface area contributed by atoms with Gasteiger partial charge in [0.25, 0.3) is 0 Å². The Morgan fingerprint density at radius 2 is 2.06 bits per heavy atom. The topological polar surface area (TPSA) is 15.3 Å². The van der Waals surface area contributed by atoms with Crippen molar-refractivity contribution in [2.45, 2.75) is 25.9 Å². The van der Waals surface area contributed by atoms with Gasteiger partial charge < -0.3 is 5.32 Å². The molecule has 2 heteroatoms. The van der Waals surface area contributed by atoms with Crippen LogP contribution in [0.4, 0.5) is 0 Å². The Labute approximate surface area is 104 Å². The van der Waals surface area contributed by atoms with E-state index in [1.54, 1.807) is 0 Å². The third kappa shape index (κ3) is 3.59. The van der Waals surface area contributed by atoms with Crippen molar-refractivity contribution in [3.8, 4) is 11.8 Å². The first-order chi connectivity index (χ1) is 8.25. The second kappa shape index (κ2) is 5.86. The lowest BCUT2D eigenvalue weighted by Gasteiger charge is -2.36. The molecule has 0 spiro atoms. The zero-order chi connectivity index (χ0) is 12.1. The summed E-state index contributed by atoms with van der Waals surface area (Å²) in [5, 5.41) is 3.48. The molecule has 1 aliphatic heterocycles. The summed E-state index contributed by atoms with van der Waals surface area (Å²) in [6, 6.07) is 11.3. The van der Waals surface area contributed by atoms with Gasteiger partial charge in [-0.25, -0.2) is 0 Å². The minimum atomic E-state index is 0.574. The van der Waals surface area contributed by atoms with Crippen molar-refractivity contribution in [3.63, 3.8) is 0 Å². The Bertz CT molecular complexity index is 402. The highest BCUT2D eigenvalue weighted by Gasteiger charge is 2.20. The van der Waals surface area contributed by atoms with Gasteiger partial charge in [0.05, 0.1) is 6.54 Å². The van der Waals surface area contributed by atoms with E-state index >= 15 is 0 Å². The molecule has 1 heterocycles. The summed E-state index contributed by atoms with van der Waals surface area (Å²) >= 11 is 0. The summed E-state index contributed by atoms with van der Waals surface area (Å²) in [7, 11) is 0. The van der Waals surface area contributed by atoms with E-state index in [4.69, 9.17) is 0 Å². The van der Waals surface area contributed by atoms with Crippen molar-refractivity contribution >= 4 is 0 Å². The number of rotatable bonds is 1. The van der Waals surface area contributed by atoms with Crippen LogP contribution in [0.5, 0.6) is 0 Å². The molecule has 2 rings (SSSR count). The van der Waals surface area contributed by atoms with Gasteiger partial charge in [-0.2, -0.15) is 0 Å². The molecule has 1 fully saturated rings. The van der Waals surface area contributed by atoms with Gasteiger partial charge in [0, 0.05) is 30.7 Å². The van der Waals surface area contributed by atoms with Crippen LogP contribution in [0.1, 0.15) is 19.4 Å². The van der Waals surface area contributed by atoms with Crippen LogP contribution in [0.15, 0.2) is 30.3 Å². The lowest BCUT2D eigenvalue weighted by atomic mass is 10.1. The van der Waals surface area contributed by atoms with Crippen molar-refractivity contribution in [1.82, 2.24) is 10.2 Å². The third-order valence-corrected chi connectivity index (χ3v) is 3.18. The quantitative estimate of drug-likeness (QED) is 0.736. The molecule has 1 saturated heterocycles. The minimum absolute atomic E-state index is 0.574. The van der Waals surface area contributed by atoms with Crippen molar-refractivity contribution in [2.24, 2.45) is 0 Å². The average Bonchev–Trinajstić information content (AvgIpc) is 2.35. The highest BCUT2D eigenvalue weighted by atomic mass is 15.2. The molecule has 1 N–H and O–H groups in total. The molecule has 1 aliphatic rings. The molecule has 1 aromatic rings. The molecule has 2 atom stereocenters. The fourth-order valence-corrected chi connectivity index (χ4v) is 2.08. The fraction of sp³-hybridized carbons (Fsp3) is 0.467. The summed E-state index contributed by atoms with van der Waals surface area (Å²) < 4.78 is 0. The summed E-state index contributed by atoms with van der Waals surface area (Å²) in [6.07, 6.45) is 0. The van der Waals surface area contributed by atoms with Crippen LogP contribution in [-0.2, 0) is 0 Å². The Hall–Kier alpha value is -1.30. The van der Waals surface area contributed by atoms with Crippen molar-refractivity contribution in [2.75, 3.05) is 19.6 Å². The van der Waals surface area contributed by atoms with E-state index in [0.717, 1.165) is 25.2 Å². The van der Waals surface area contributed by atoms with Crippen molar-refractivity contribution in [3.05, 3.63) is 35.9 Å². The zero-order valence-corrected chi connectivity index (χ0v) is 10.6. The first kappa shape index (κ1) is 12.2. The second-order valence-electron chi connectivity index (χ2n) is 4.76. The van der Waals surface area contributed by atoms with Crippen LogP contribution in [-0.4, -0.2) is 36.6 Å². The molecule has 0 saturated carbocycles. The van der Waals surface area contributed by atoms with E-state index in [9.17, 15) is 0 Å². The summed E-state index contributed by atoms with van der Waals surface area (Å²) in [5.41, 5.74) is 1.10. The monoisotopic (exact) mass is 228 g/mol. The molecular formula is C15H20N2. The molecule has 2 nitrogen and oxygen atoms in total. The van der Waals surface area contributed by atoms with Gasteiger partial charge in [-0.1, -0.05) is 30.0 Å². The van der Waals surface area contributed by atoms with Gasteiger partial charge >= 0.3 is 0 Å². The Morgan fingerprint density at radius 1 is 1.29 bits per heavy atom. The third-order valence-electron chi connectivity index (χ3n) is 3.18. The van der Waals surface area contributed by atoms with E-state index in [2.05, 4.69) is 48.0 Å². The fourth-order valence-electron chi connectivity index (χ4n) is 2.08. The number of piperazine rings is 1. The van der Waals surface area contributed by atoms with Crippen LogP contribution >= 0.6 is 0 Å². The van der Waals surface area contributed by atoms with Gasteiger partial charge in [0.1, 0.15) is 0 Å². The number of hydrogen-bond acceptors (Lipinski definition) is 2. The Balaban J connectivity index is 1.91. The summed E-state index contributed by atoms with van der Waals surface area (Å²) in [4.78, 5) is 2.44. The lowest BCUT2D eigenvalue weighted by Crippen LogP contribution is -2.54. The van der Waals surface area contributed by atoms with Gasteiger partial charge in [-0.05, 0) is 26.0 Å². The van der Waals surface area contributed by atoms with Gasteiger partial charge in [0.15, 0.2) is 0 Å². The Kier molecular flexibility index (Phi) is 4.19. The predicted octanol–water partition coefficient (Wildman–Crippen LogP) is 1.72. The first-order valence-corrected chi connectivity index (χ1v) is 6.27. The normalized spacial score (nSPS) is 25.1. The number of hydrogen-bond donors (Lipinski definition) is 1. The molecule has 0 radical (unpaired) electrons. The molecule has 0 amide bonds. The lowest BCUT2D eigenvalue weighted by molar-refractivity contribution is 0.165. The van der Waals surface area contributed by atoms with E-state index in [0.29, 0.717) is 12.1 Å². The summed E-state index contributed by atoms with van der Waals surface area (Å²) in [5.74, 6) is 6.49. The van der Waals surface area contributed by atoms with Crippen LogP contribution in [0, 0.1) is 11.8 Å². The minimum Gasteiger partial charge on any atom is -0.311 e. The number of benzene rings is 1. The molecule has 0 aliphatic carbocycles. The van der Waals surface area contributed by atoms with Crippen LogP contribution in [0.25, 0.3) is 0 Å². The van der Waals surface area contributed by atoms with Gasteiger partial charge in [-0.15, -0.1) is 0 Å². The van der Waals surface area contributed by atoms with E-state index < -0.39 is 0 Å². The smallest absolute Gasteiger partial charge is 0.0608 e. The number of nitrogens with one attached hydrogen (secondary N) is 1. The maximum Gasteiger partial charge on any atom is 0.0608 e. The van der Waals surface area contributed by atoms with E-state index in [-0.39, 0.29) is 0 Å². The molecule has 0 bridgehead atoms. The van der Waals surface area contributed by atoms with Gasteiger partial charge in [0.2, 0.25) is 0 Å². The maximum atomic E-state index is 3.48. The number of nitrogens with zero attached hydrogens (tertiary/aromatic N) is 1. The standard InChI is InChI=1S/C15H20N2/c1-13-12-17(14(2)11-16-13)10-6-9-15-7-4-3-5-8-15/h3-5,7-8,13-14,16H,10-12H2,1-2H3. The highest BCUT2D eigenvalue weighted by Crippen LogP contribution is 2.05. The second-order valence-corrected chi connectivity index (χ2v) is 4.76. The highest BCUT2D eigenvalue weighted by molar-refractivity contribution is 5.33.